The van der Waals surface area contributed by atoms with Crippen LogP contribution in [-0.2, 0) is 23.6 Å². The SMILES string of the molecule is CC(C)NCCCS(=O)(=O)NCc1ccnn1C. The quantitative estimate of drug-likeness (QED) is 0.665. The second kappa shape index (κ2) is 6.86. The van der Waals surface area contributed by atoms with Crippen LogP contribution in [0.5, 0.6) is 0 Å². The van der Waals surface area contributed by atoms with Crippen molar-refractivity contribution in [1.82, 2.24) is 19.8 Å². The van der Waals surface area contributed by atoms with E-state index >= 15 is 0 Å². The van der Waals surface area contributed by atoms with Crippen LogP contribution in [0.3, 0.4) is 0 Å². The van der Waals surface area contributed by atoms with Gasteiger partial charge in [0.1, 0.15) is 0 Å². The Morgan fingerprint density at radius 3 is 2.72 bits per heavy atom. The van der Waals surface area contributed by atoms with Crippen LogP contribution in [0.25, 0.3) is 0 Å². The van der Waals surface area contributed by atoms with Gasteiger partial charge in [-0.1, -0.05) is 13.8 Å². The molecule has 0 aliphatic heterocycles. The van der Waals surface area contributed by atoms with Gasteiger partial charge in [0.25, 0.3) is 0 Å². The molecule has 0 radical (unpaired) electrons. The lowest BCUT2D eigenvalue weighted by atomic mass is 10.4. The number of nitrogens with zero attached hydrogens (tertiary/aromatic N) is 2. The van der Waals surface area contributed by atoms with Crippen LogP contribution in [0.1, 0.15) is 26.0 Å². The topological polar surface area (TPSA) is 76.0 Å². The van der Waals surface area contributed by atoms with Crippen LogP contribution in [0.15, 0.2) is 12.3 Å². The molecule has 1 aromatic rings. The van der Waals surface area contributed by atoms with Crippen molar-refractivity contribution in [3.8, 4) is 0 Å². The summed E-state index contributed by atoms with van der Waals surface area (Å²) in [6.45, 7) is 5.07. The minimum absolute atomic E-state index is 0.143. The highest BCUT2D eigenvalue weighted by Crippen LogP contribution is 1.98. The number of hydrogen-bond acceptors (Lipinski definition) is 4. The molecular weight excluding hydrogens is 252 g/mol. The molecule has 18 heavy (non-hydrogen) atoms. The molecule has 0 fully saturated rings. The van der Waals surface area contributed by atoms with Gasteiger partial charge in [-0.2, -0.15) is 5.10 Å². The van der Waals surface area contributed by atoms with Crippen molar-refractivity contribution < 1.29 is 8.42 Å². The molecule has 0 bridgehead atoms. The summed E-state index contributed by atoms with van der Waals surface area (Å²) in [7, 11) is -1.42. The van der Waals surface area contributed by atoms with Crippen LogP contribution in [0, 0.1) is 0 Å². The van der Waals surface area contributed by atoms with Gasteiger partial charge in [-0.3, -0.25) is 4.68 Å². The molecule has 1 aromatic heterocycles. The number of aryl methyl sites for hydroxylation is 1. The van der Waals surface area contributed by atoms with Crippen molar-refractivity contribution in [2.75, 3.05) is 12.3 Å². The van der Waals surface area contributed by atoms with E-state index in [1.165, 1.54) is 0 Å². The van der Waals surface area contributed by atoms with Crippen molar-refractivity contribution in [2.24, 2.45) is 7.05 Å². The third-order valence-corrected chi connectivity index (χ3v) is 3.95. The first-order chi connectivity index (χ1) is 8.41. The smallest absolute Gasteiger partial charge is 0.211 e. The van der Waals surface area contributed by atoms with E-state index < -0.39 is 10.0 Å². The van der Waals surface area contributed by atoms with E-state index in [2.05, 4.69) is 15.1 Å². The number of sulfonamides is 1. The Morgan fingerprint density at radius 2 is 2.17 bits per heavy atom. The molecule has 0 aliphatic rings. The van der Waals surface area contributed by atoms with Gasteiger partial charge in [0, 0.05) is 19.3 Å². The molecular formula is C11H22N4O2S. The lowest BCUT2D eigenvalue weighted by molar-refractivity contribution is 0.558. The molecule has 1 rings (SSSR count). The second-order valence-corrected chi connectivity index (χ2v) is 6.47. The van der Waals surface area contributed by atoms with Crippen molar-refractivity contribution in [2.45, 2.75) is 32.9 Å². The summed E-state index contributed by atoms with van der Waals surface area (Å²) in [5.74, 6) is 0.143. The van der Waals surface area contributed by atoms with Crippen molar-refractivity contribution in [3.05, 3.63) is 18.0 Å². The fraction of sp³-hybridized carbons (Fsp3) is 0.727. The molecule has 0 aromatic carbocycles. The average Bonchev–Trinajstić information content (AvgIpc) is 2.68. The van der Waals surface area contributed by atoms with Gasteiger partial charge in [-0.25, -0.2) is 13.1 Å². The zero-order chi connectivity index (χ0) is 13.6. The first-order valence-electron chi connectivity index (χ1n) is 6.08. The monoisotopic (exact) mass is 274 g/mol. The highest BCUT2D eigenvalue weighted by Gasteiger charge is 2.10. The normalized spacial score (nSPS) is 12.2. The van der Waals surface area contributed by atoms with E-state index in [9.17, 15) is 8.42 Å². The van der Waals surface area contributed by atoms with Crippen LogP contribution in [-0.4, -0.2) is 36.5 Å². The Kier molecular flexibility index (Phi) is 5.77. The summed E-state index contributed by atoms with van der Waals surface area (Å²) in [5, 5.41) is 7.17. The number of hydrogen-bond donors (Lipinski definition) is 2. The molecule has 0 aliphatic carbocycles. The second-order valence-electron chi connectivity index (χ2n) is 4.55. The molecule has 0 amide bonds. The average molecular weight is 274 g/mol. The lowest BCUT2D eigenvalue weighted by Crippen LogP contribution is -2.30. The zero-order valence-electron chi connectivity index (χ0n) is 11.2. The standard InChI is InChI=1S/C11H22N4O2S/c1-10(2)12-6-4-8-18(16,17)14-9-11-5-7-13-15(11)3/h5,7,10,12,14H,4,6,8-9H2,1-3H3. The minimum atomic E-state index is -3.20. The molecule has 2 N–H and O–H groups in total. The van der Waals surface area contributed by atoms with E-state index in [1.54, 1.807) is 24.0 Å². The van der Waals surface area contributed by atoms with E-state index in [-0.39, 0.29) is 12.3 Å². The van der Waals surface area contributed by atoms with E-state index in [4.69, 9.17) is 0 Å². The van der Waals surface area contributed by atoms with Crippen LogP contribution < -0.4 is 10.0 Å². The van der Waals surface area contributed by atoms with E-state index in [0.29, 0.717) is 19.0 Å². The van der Waals surface area contributed by atoms with Crippen molar-refractivity contribution in [1.29, 1.82) is 0 Å². The molecule has 0 atom stereocenters. The highest BCUT2D eigenvalue weighted by molar-refractivity contribution is 7.89. The van der Waals surface area contributed by atoms with Gasteiger partial charge in [0.2, 0.25) is 10.0 Å². The lowest BCUT2D eigenvalue weighted by Gasteiger charge is -2.09. The van der Waals surface area contributed by atoms with Gasteiger partial charge < -0.3 is 5.32 Å². The van der Waals surface area contributed by atoms with E-state index in [0.717, 1.165) is 5.69 Å². The molecule has 104 valence electrons. The Bertz CT molecular complexity index is 453. The summed E-state index contributed by atoms with van der Waals surface area (Å²) in [6.07, 6.45) is 2.26. The maximum absolute atomic E-state index is 11.7. The summed E-state index contributed by atoms with van der Waals surface area (Å²) >= 11 is 0. The maximum Gasteiger partial charge on any atom is 0.211 e. The Labute approximate surface area is 109 Å². The summed E-state index contributed by atoms with van der Waals surface area (Å²) in [6, 6.07) is 2.18. The fourth-order valence-corrected chi connectivity index (χ4v) is 2.52. The molecule has 6 nitrogen and oxygen atoms in total. The number of rotatable bonds is 8. The Hall–Kier alpha value is -0.920. The van der Waals surface area contributed by atoms with Gasteiger partial charge in [-0.15, -0.1) is 0 Å². The molecule has 0 saturated carbocycles. The minimum Gasteiger partial charge on any atom is -0.314 e. The number of nitrogens with one attached hydrogen (secondary N) is 2. The van der Waals surface area contributed by atoms with Crippen LogP contribution in [0.4, 0.5) is 0 Å². The predicted molar refractivity (Wildman–Crippen MR) is 71.6 cm³/mol. The van der Waals surface area contributed by atoms with Crippen molar-refractivity contribution in [3.63, 3.8) is 0 Å². The third kappa shape index (κ3) is 5.61. The first kappa shape index (κ1) is 15.1. The summed E-state index contributed by atoms with van der Waals surface area (Å²) in [5.41, 5.74) is 0.846. The number of aromatic nitrogens is 2. The Balaban J connectivity index is 2.30. The third-order valence-electron chi connectivity index (χ3n) is 2.54. The molecule has 1 heterocycles. The Morgan fingerprint density at radius 1 is 1.44 bits per heavy atom. The molecule has 0 unspecified atom stereocenters. The van der Waals surface area contributed by atoms with Crippen LogP contribution >= 0.6 is 0 Å². The molecule has 0 saturated heterocycles. The molecule has 7 heteroatoms. The summed E-state index contributed by atoms with van der Waals surface area (Å²) in [4.78, 5) is 0. The predicted octanol–water partition coefficient (Wildman–Crippen LogP) is 0.228. The van der Waals surface area contributed by atoms with Gasteiger partial charge in [0.15, 0.2) is 0 Å². The van der Waals surface area contributed by atoms with Gasteiger partial charge >= 0.3 is 0 Å². The highest BCUT2D eigenvalue weighted by atomic mass is 32.2. The van der Waals surface area contributed by atoms with Crippen LogP contribution in [0.2, 0.25) is 0 Å². The van der Waals surface area contributed by atoms with Crippen molar-refractivity contribution >= 4 is 10.0 Å². The summed E-state index contributed by atoms with van der Waals surface area (Å²) < 4.78 is 27.7. The van der Waals surface area contributed by atoms with Gasteiger partial charge in [-0.05, 0) is 19.0 Å². The zero-order valence-corrected chi connectivity index (χ0v) is 12.0. The first-order valence-corrected chi connectivity index (χ1v) is 7.73. The maximum atomic E-state index is 11.7. The fourth-order valence-electron chi connectivity index (χ4n) is 1.48. The van der Waals surface area contributed by atoms with Gasteiger partial charge in [0.05, 0.1) is 18.0 Å². The largest absolute Gasteiger partial charge is 0.314 e. The van der Waals surface area contributed by atoms with E-state index in [1.807, 2.05) is 13.8 Å². The molecule has 0 spiro atoms.